The molecule has 0 saturated heterocycles. The van der Waals surface area contributed by atoms with E-state index in [1.807, 2.05) is 0 Å². The summed E-state index contributed by atoms with van der Waals surface area (Å²) < 4.78 is 0. The summed E-state index contributed by atoms with van der Waals surface area (Å²) >= 11 is 0. The third-order valence-electron chi connectivity index (χ3n) is 13.0. The summed E-state index contributed by atoms with van der Waals surface area (Å²) in [5, 5.41) is 0. The molecule has 0 radical (unpaired) electrons. The third-order valence-corrected chi connectivity index (χ3v) is 13.0. The Kier molecular flexibility index (Phi) is 10.6. The lowest BCUT2D eigenvalue weighted by Gasteiger charge is -2.42. The van der Waals surface area contributed by atoms with Crippen LogP contribution in [0.4, 0.5) is 51.2 Å². The van der Waals surface area contributed by atoms with E-state index >= 15 is 0 Å². The molecule has 0 N–H and O–H groups in total. The SMILES string of the molecule is CC1(C)c2ccccc2N(c2ccccc2)c2ccc(-c3c(-c4ccc(N(c5ccccc5)c5ccccc5)cc4)cccc3-c3ccc(N(c4ccccc4)c4ccccc4)cc3)cc21. The lowest BCUT2D eigenvalue weighted by atomic mass is 9.72. The van der Waals surface area contributed by atoms with Gasteiger partial charge in [-0.05, 0) is 148 Å². The molecule has 0 aromatic heterocycles. The maximum absolute atomic E-state index is 2.46. The first-order chi connectivity index (χ1) is 32.5. The Balaban J connectivity index is 1.08. The Bertz CT molecular complexity index is 3020. The van der Waals surface area contributed by atoms with Crippen molar-refractivity contribution in [1.82, 2.24) is 0 Å². The van der Waals surface area contributed by atoms with Crippen LogP contribution in [0.3, 0.4) is 0 Å². The highest BCUT2D eigenvalue weighted by molar-refractivity contribution is 5.97. The van der Waals surface area contributed by atoms with E-state index < -0.39 is 0 Å². The molecule has 66 heavy (non-hydrogen) atoms. The van der Waals surface area contributed by atoms with E-state index in [0.717, 1.165) is 50.9 Å². The molecule has 10 aromatic rings. The normalized spacial score (nSPS) is 12.5. The van der Waals surface area contributed by atoms with Crippen LogP contribution in [-0.2, 0) is 5.41 Å². The fourth-order valence-electron chi connectivity index (χ4n) is 9.84. The van der Waals surface area contributed by atoms with E-state index in [1.54, 1.807) is 0 Å². The van der Waals surface area contributed by atoms with Gasteiger partial charge < -0.3 is 14.7 Å². The monoisotopic (exact) mass is 847 g/mol. The van der Waals surface area contributed by atoms with Gasteiger partial charge in [0.2, 0.25) is 0 Å². The second-order valence-electron chi connectivity index (χ2n) is 17.4. The van der Waals surface area contributed by atoms with Crippen molar-refractivity contribution >= 4 is 51.2 Å². The molecule has 3 heteroatoms. The molecule has 1 heterocycles. The highest BCUT2D eigenvalue weighted by Crippen LogP contribution is 2.53. The van der Waals surface area contributed by atoms with Crippen LogP contribution in [0.2, 0.25) is 0 Å². The number of hydrogen-bond acceptors (Lipinski definition) is 3. The maximum Gasteiger partial charge on any atom is 0.0503 e. The molecule has 3 nitrogen and oxygen atoms in total. The maximum atomic E-state index is 2.46. The van der Waals surface area contributed by atoms with Crippen molar-refractivity contribution in [2.45, 2.75) is 19.3 Å². The molecule has 316 valence electrons. The van der Waals surface area contributed by atoms with E-state index in [9.17, 15) is 0 Å². The van der Waals surface area contributed by atoms with Gasteiger partial charge in [0.05, 0.1) is 11.4 Å². The standard InChI is InChI=1S/C63H49N3/c1-63(2)58-33-18-19-34-60(58)66(53-29-16-7-17-30-53)61-44-39-48(45-59(61)63)62-56(46-35-40-54(41-36-46)64(49-21-8-3-9-22-49)50-23-10-4-11-24-50)31-20-32-57(62)47-37-42-55(43-38-47)65(51-25-12-5-13-26-51)52-27-14-6-15-28-52/h3-45H,1-2H3. The second-order valence-corrected chi connectivity index (χ2v) is 17.4. The summed E-state index contributed by atoms with van der Waals surface area (Å²) in [4.78, 5) is 7.07. The molecule has 0 atom stereocenters. The number of hydrogen-bond donors (Lipinski definition) is 0. The largest absolute Gasteiger partial charge is 0.311 e. The number of rotatable bonds is 10. The summed E-state index contributed by atoms with van der Waals surface area (Å²) in [6, 6.07) is 94.2. The Morgan fingerprint density at radius 1 is 0.303 bits per heavy atom. The Morgan fingerprint density at radius 3 is 1.12 bits per heavy atom. The van der Waals surface area contributed by atoms with Gasteiger partial charge >= 0.3 is 0 Å². The van der Waals surface area contributed by atoms with Crippen LogP contribution in [0.25, 0.3) is 33.4 Å². The van der Waals surface area contributed by atoms with Gasteiger partial charge in [0.15, 0.2) is 0 Å². The van der Waals surface area contributed by atoms with E-state index in [4.69, 9.17) is 0 Å². The van der Waals surface area contributed by atoms with Crippen LogP contribution in [-0.4, -0.2) is 0 Å². The predicted octanol–water partition coefficient (Wildman–Crippen LogP) is 17.7. The van der Waals surface area contributed by atoms with Crippen molar-refractivity contribution in [3.8, 4) is 33.4 Å². The Labute approximate surface area is 388 Å². The number of para-hydroxylation sites is 6. The van der Waals surface area contributed by atoms with Crippen LogP contribution >= 0.6 is 0 Å². The average Bonchev–Trinajstić information content (AvgIpc) is 3.38. The highest BCUT2D eigenvalue weighted by Gasteiger charge is 2.37. The van der Waals surface area contributed by atoms with Crippen molar-refractivity contribution in [3.05, 3.63) is 272 Å². The molecular weight excluding hydrogens is 799 g/mol. The number of anilines is 9. The zero-order valence-corrected chi connectivity index (χ0v) is 37.2. The summed E-state index contributed by atoms with van der Waals surface area (Å²) in [6.45, 7) is 4.75. The molecular formula is C63H49N3. The lowest BCUT2D eigenvalue weighted by Crippen LogP contribution is -2.30. The molecule has 0 bridgehead atoms. The molecule has 11 rings (SSSR count). The number of fused-ring (bicyclic) bond motifs is 2. The third kappa shape index (κ3) is 7.41. The van der Waals surface area contributed by atoms with E-state index in [-0.39, 0.29) is 5.41 Å². The fourth-order valence-corrected chi connectivity index (χ4v) is 9.84. The smallest absolute Gasteiger partial charge is 0.0503 e. The number of benzene rings is 10. The summed E-state index contributed by atoms with van der Waals surface area (Å²) in [7, 11) is 0. The van der Waals surface area contributed by atoms with Gasteiger partial charge in [-0.1, -0.05) is 172 Å². The minimum atomic E-state index is -0.262. The molecule has 0 spiro atoms. The summed E-state index contributed by atoms with van der Waals surface area (Å²) in [5.74, 6) is 0. The van der Waals surface area contributed by atoms with Gasteiger partial charge in [-0.25, -0.2) is 0 Å². The van der Waals surface area contributed by atoms with Gasteiger partial charge in [0.25, 0.3) is 0 Å². The van der Waals surface area contributed by atoms with Gasteiger partial charge in [-0.2, -0.15) is 0 Å². The molecule has 1 aliphatic heterocycles. The lowest BCUT2D eigenvalue weighted by molar-refractivity contribution is 0.632. The molecule has 0 aliphatic carbocycles. The van der Waals surface area contributed by atoms with Crippen molar-refractivity contribution in [2.24, 2.45) is 0 Å². The highest BCUT2D eigenvalue weighted by atomic mass is 15.2. The molecule has 0 fully saturated rings. The van der Waals surface area contributed by atoms with Crippen LogP contribution in [0, 0.1) is 0 Å². The van der Waals surface area contributed by atoms with Crippen molar-refractivity contribution in [2.75, 3.05) is 14.7 Å². The first-order valence-corrected chi connectivity index (χ1v) is 22.8. The van der Waals surface area contributed by atoms with Crippen LogP contribution in [0.5, 0.6) is 0 Å². The van der Waals surface area contributed by atoms with Gasteiger partial charge in [-0.3, -0.25) is 0 Å². The summed E-state index contributed by atoms with van der Waals surface area (Å²) in [5.41, 5.74) is 19.6. The first-order valence-electron chi connectivity index (χ1n) is 22.8. The fraction of sp³-hybridized carbons (Fsp3) is 0.0476. The molecule has 0 saturated carbocycles. The van der Waals surface area contributed by atoms with Crippen LogP contribution in [0.15, 0.2) is 261 Å². The molecule has 0 amide bonds. The topological polar surface area (TPSA) is 9.72 Å². The summed E-state index contributed by atoms with van der Waals surface area (Å²) in [6.07, 6.45) is 0. The van der Waals surface area contributed by atoms with Crippen molar-refractivity contribution < 1.29 is 0 Å². The quantitative estimate of drug-likeness (QED) is 0.136. The van der Waals surface area contributed by atoms with Crippen LogP contribution in [0.1, 0.15) is 25.0 Å². The average molecular weight is 848 g/mol. The first kappa shape index (κ1) is 40.4. The van der Waals surface area contributed by atoms with Crippen molar-refractivity contribution in [1.29, 1.82) is 0 Å². The zero-order valence-electron chi connectivity index (χ0n) is 37.2. The van der Waals surface area contributed by atoms with E-state index in [2.05, 4.69) is 289 Å². The van der Waals surface area contributed by atoms with Crippen LogP contribution < -0.4 is 14.7 Å². The van der Waals surface area contributed by atoms with Crippen molar-refractivity contribution in [3.63, 3.8) is 0 Å². The minimum absolute atomic E-state index is 0.262. The predicted molar refractivity (Wildman–Crippen MR) is 279 cm³/mol. The second kappa shape index (κ2) is 17.3. The Hall–Kier alpha value is -8.40. The minimum Gasteiger partial charge on any atom is -0.311 e. The van der Waals surface area contributed by atoms with Gasteiger partial charge in [-0.15, -0.1) is 0 Å². The van der Waals surface area contributed by atoms with E-state index in [1.165, 1.54) is 44.8 Å². The molecule has 0 unspecified atom stereocenters. The van der Waals surface area contributed by atoms with Gasteiger partial charge in [0.1, 0.15) is 0 Å². The van der Waals surface area contributed by atoms with E-state index in [0.29, 0.717) is 0 Å². The van der Waals surface area contributed by atoms with Gasteiger partial charge in [0, 0.05) is 45.2 Å². The number of nitrogens with zero attached hydrogens (tertiary/aromatic N) is 3. The zero-order chi connectivity index (χ0) is 44.5. The molecule has 1 aliphatic rings. The molecule has 10 aromatic carbocycles. The Morgan fingerprint density at radius 2 is 0.667 bits per heavy atom.